The van der Waals surface area contributed by atoms with E-state index in [0.717, 1.165) is 37.1 Å². The number of carbonyl (C=O) groups excluding carboxylic acids is 2. The molecule has 0 radical (unpaired) electrons. The number of hydrogen-bond donors (Lipinski definition) is 0. The van der Waals surface area contributed by atoms with Crippen LogP contribution in [0.5, 0.6) is 0 Å². The molecule has 0 spiro atoms. The number of ether oxygens (including phenoxy) is 1. The molecule has 2 aromatic rings. The number of aromatic nitrogens is 2. The van der Waals surface area contributed by atoms with Gasteiger partial charge in [0.1, 0.15) is 6.10 Å². The lowest BCUT2D eigenvalue weighted by Crippen LogP contribution is -2.52. The second-order valence-corrected chi connectivity index (χ2v) is 8.08. The molecule has 1 atom stereocenters. The Bertz CT molecular complexity index is 892. The number of piperazine rings is 1. The van der Waals surface area contributed by atoms with Crippen LogP contribution in [0.1, 0.15) is 47.7 Å². The molecule has 7 heteroatoms. The topological polar surface area (TPSA) is 67.7 Å². The van der Waals surface area contributed by atoms with Gasteiger partial charge in [0.05, 0.1) is 23.1 Å². The van der Waals surface area contributed by atoms with Gasteiger partial charge in [-0.3, -0.25) is 9.59 Å². The van der Waals surface area contributed by atoms with E-state index < -0.39 is 0 Å². The Morgan fingerprint density at radius 3 is 2.34 bits per heavy atom. The number of rotatable bonds is 4. The molecule has 2 aliphatic heterocycles. The van der Waals surface area contributed by atoms with Crippen molar-refractivity contribution in [2.24, 2.45) is 0 Å². The highest BCUT2D eigenvalue weighted by molar-refractivity contribution is 5.96. The van der Waals surface area contributed by atoms with Gasteiger partial charge in [0.2, 0.25) is 0 Å². The first-order valence-electron chi connectivity index (χ1n) is 10.6. The Hall–Kier alpha value is -2.67. The molecule has 7 nitrogen and oxygen atoms in total. The van der Waals surface area contributed by atoms with Crippen LogP contribution in [0.3, 0.4) is 0 Å². The van der Waals surface area contributed by atoms with E-state index >= 15 is 0 Å². The summed E-state index contributed by atoms with van der Waals surface area (Å²) in [5, 5.41) is 4.55. The Morgan fingerprint density at radius 1 is 0.966 bits per heavy atom. The highest BCUT2D eigenvalue weighted by Crippen LogP contribution is 2.42. The summed E-state index contributed by atoms with van der Waals surface area (Å²) in [6.45, 7) is 2.91. The predicted molar refractivity (Wildman–Crippen MR) is 107 cm³/mol. The summed E-state index contributed by atoms with van der Waals surface area (Å²) in [6, 6.07) is 9.98. The van der Waals surface area contributed by atoms with Gasteiger partial charge in [-0.15, -0.1) is 0 Å². The van der Waals surface area contributed by atoms with E-state index in [-0.39, 0.29) is 17.9 Å². The quantitative estimate of drug-likeness (QED) is 0.797. The van der Waals surface area contributed by atoms with Crippen molar-refractivity contribution in [3.63, 3.8) is 0 Å². The van der Waals surface area contributed by atoms with Crippen LogP contribution in [0.2, 0.25) is 0 Å². The molecular formula is C22H26N4O3. The number of carbonyl (C=O) groups is 2. The van der Waals surface area contributed by atoms with Crippen LogP contribution in [0.4, 0.5) is 0 Å². The molecular weight excluding hydrogens is 368 g/mol. The van der Waals surface area contributed by atoms with Gasteiger partial charge in [0, 0.05) is 38.7 Å². The van der Waals surface area contributed by atoms with Gasteiger partial charge in [-0.05, 0) is 37.8 Å². The van der Waals surface area contributed by atoms with Crippen molar-refractivity contribution >= 4 is 11.8 Å². The molecule has 2 amide bonds. The minimum absolute atomic E-state index is 0.0262. The monoisotopic (exact) mass is 394 g/mol. The summed E-state index contributed by atoms with van der Waals surface area (Å²) < 4.78 is 7.44. The second kappa shape index (κ2) is 7.63. The fraction of sp³-hybridized carbons (Fsp3) is 0.500. The van der Waals surface area contributed by atoms with Gasteiger partial charge in [-0.2, -0.15) is 5.10 Å². The van der Waals surface area contributed by atoms with Gasteiger partial charge in [0.25, 0.3) is 11.8 Å². The molecule has 1 aliphatic carbocycles. The zero-order valence-corrected chi connectivity index (χ0v) is 16.5. The maximum absolute atomic E-state index is 13.3. The molecule has 3 heterocycles. The minimum Gasteiger partial charge on any atom is -0.368 e. The first-order chi connectivity index (χ1) is 14.2. The Kier molecular flexibility index (Phi) is 4.83. The van der Waals surface area contributed by atoms with E-state index in [2.05, 4.69) is 5.10 Å². The third kappa shape index (κ3) is 3.55. The van der Waals surface area contributed by atoms with Gasteiger partial charge in [-0.25, -0.2) is 4.68 Å². The van der Waals surface area contributed by atoms with E-state index in [4.69, 9.17) is 4.74 Å². The summed E-state index contributed by atoms with van der Waals surface area (Å²) in [7, 11) is 0. The molecule has 3 fully saturated rings. The molecule has 2 saturated heterocycles. The molecule has 152 valence electrons. The number of hydrogen-bond acceptors (Lipinski definition) is 4. The third-order valence-electron chi connectivity index (χ3n) is 6.09. The van der Waals surface area contributed by atoms with Crippen molar-refractivity contribution in [1.29, 1.82) is 0 Å². The van der Waals surface area contributed by atoms with Crippen LogP contribution >= 0.6 is 0 Å². The molecule has 1 aromatic heterocycles. The maximum atomic E-state index is 13.3. The number of amides is 2. The van der Waals surface area contributed by atoms with Crippen molar-refractivity contribution in [3.05, 3.63) is 47.8 Å². The third-order valence-corrected chi connectivity index (χ3v) is 6.09. The number of benzene rings is 1. The number of nitrogens with zero attached hydrogens (tertiary/aromatic N) is 4. The first-order valence-corrected chi connectivity index (χ1v) is 10.6. The van der Waals surface area contributed by atoms with Crippen LogP contribution in [-0.2, 0) is 9.53 Å². The van der Waals surface area contributed by atoms with Crippen molar-refractivity contribution in [3.8, 4) is 5.69 Å². The van der Waals surface area contributed by atoms with E-state index in [1.807, 2.05) is 44.8 Å². The van der Waals surface area contributed by atoms with Crippen molar-refractivity contribution < 1.29 is 14.3 Å². The summed E-state index contributed by atoms with van der Waals surface area (Å²) >= 11 is 0. The van der Waals surface area contributed by atoms with E-state index in [1.54, 1.807) is 6.20 Å². The Morgan fingerprint density at radius 2 is 1.69 bits per heavy atom. The molecule has 0 bridgehead atoms. The summed E-state index contributed by atoms with van der Waals surface area (Å²) in [4.78, 5) is 29.5. The van der Waals surface area contributed by atoms with Crippen LogP contribution in [-0.4, -0.2) is 70.3 Å². The van der Waals surface area contributed by atoms with Gasteiger partial charge in [-0.1, -0.05) is 18.2 Å². The Balaban J connectivity index is 1.30. The summed E-state index contributed by atoms with van der Waals surface area (Å²) in [5.74, 6) is 0.502. The molecule has 0 unspecified atom stereocenters. The fourth-order valence-corrected chi connectivity index (χ4v) is 4.32. The van der Waals surface area contributed by atoms with E-state index in [1.165, 1.54) is 0 Å². The smallest absolute Gasteiger partial charge is 0.257 e. The molecule has 1 saturated carbocycles. The molecule has 29 heavy (non-hydrogen) atoms. The lowest BCUT2D eigenvalue weighted by molar-refractivity contribution is -0.142. The molecule has 3 aliphatic rings. The minimum atomic E-state index is -0.289. The van der Waals surface area contributed by atoms with Crippen molar-refractivity contribution in [2.45, 2.75) is 37.7 Å². The first kappa shape index (κ1) is 18.4. The van der Waals surface area contributed by atoms with E-state index in [0.29, 0.717) is 44.3 Å². The molecule has 0 N–H and O–H groups in total. The predicted octanol–water partition coefficient (Wildman–Crippen LogP) is 2.21. The fourth-order valence-electron chi connectivity index (χ4n) is 4.32. The van der Waals surface area contributed by atoms with E-state index in [9.17, 15) is 9.59 Å². The van der Waals surface area contributed by atoms with Gasteiger partial charge >= 0.3 is 0 Å². The van der Waals surface area contributed by atoms with Gasteiger partial charge < -0.3 is 14.5 Å². The lowest BCUT2D eigenvalue weighted by atomic mass is 10.1. The van der Waals surface area contributed by atoms with Crippen LogP contribution < -0.4 is 0 Å². The maximum Gasteiger partial charge on any atom is 0.257 e. The number of para-hydroxylation sites is 1. The highest BCUT2D eigenvalue weighted by atomic mass is 16.5. The average Bonchev–Trinajstić information content (AvgIpc) is 3.28. The summed E-state index contributed by atoms with van der Waals surface area (Å²) in [5.41, 5.74) is 2.72. The highest BCUT2D eigenvalue weighted by Gasteiger charge is 2.36. The van der Waals surface area contributed by atoms with Crippen molar-refractivity contribution in [2.75, 3.05) is 32.8 Å². The zero-order chi connectivity index (χ0) is 19.8. The molecule has 1 aromatic carbocycles. The van der Waals surface area contributed by atoms with Crippen LogP contribution in [0.25, 0.3) is 5.69 Å². The van der Waals surface area contributed by atoms with Crippen molar-refractivity contribution in [1.82, 2.24) is 19.6 Å². The summed E-state index contributed by atoms with van der Waals surface area (Å²) in [6.07, 6.45) is 5.38. The normalized spacial score (nSPS) is 22.1. The lowest BCUT2D eigenvalue weighted by Gasteiger charge is -2.35. The second-order valence-electron chi connectivity index (χ2n) is 8.08. The molecule has 5 rings (SSSR count). The van der Waals surface area contributed by atoms with Gasteiger partial charge in [0.15, 0.2) is 0 Å². The largest absolute Gasteiger partial charge is 0.368 e. The SMILES string of the molecule is O=C(c1cnn(-c2ccccc2)c1C1CC1)N1CCN(C(=O)[C@@H]2CCCO2)CC1. The van der Waals surface area contributed by atoms with Crippen LogP contribution in [0, 0.1) is 0 Å². The zero-order valence-electron chi connectivity index (χ0n) is 16.5. The standard InChI is InChI=1S/C22H26N4O3/c27-21(24-10-12-25(13-11-24)22(28)19-7-4-14-29-19)18-15-23-26(20(18)16-8-9-16)17-5-2-1-3-6-17/h1-3,5-6,15-16,19H,4,7-14H2/t19-/m0/s1. The van der Waals surface area contributed by atoms with Crippen LogP contribution in [0.15, 0.2) is 36.5 Å². The Labute approximate surface area is 170 Å². The average molecular weight is 394 g/mol.